The molecule has 3 aromatic rings. The van der Waals surface area contributed by atoms with Crippen LogP contribution in [0, 0.1) is 0 Å². The van der Waals surface area contributed by atoms with Gasteiger partial charge in [0.05, 0.1) is 18.8 Å². The number of halogens is 3. The molecule has 214 valence electrons. The number of nitrogens with zero attached hydrogens (tertiary/aromatic N) is 4. The van der Waals surface area contributed by atoms with E-state index in [2.05, 4.69) is 20.3 Å². The van der Waals surface area contributed by atoms with Crippen LogP contribution >= 0.6 is 0 Å². The van der Waals surface area contributed by atoms with Gasteiger partial charge in [-0.05, 0) is 62.4 Å². The van der Waals surface area contributed by atoms with E-state index in [1.165, 1.54) is 26.0 Å². The van der Waals surface area contributed by atoms with Gasteiger partial charge in [-0.25, -0.2) is 4.79 Å². The highest BCUT2D eigenvalue weighted by Crippen LogP contribution is 2.30. The first kappa shape index (κ1) is 28.7. The largest absolute Gasteiger partial charge is 0.490 e. The van der Waals surface area contributed by atoms with Crippen molar-refractivity contribution in [1.29, 1.82) is 0 Å². The number of nitrogens with one attached hydrogen (secondary N) is 1. The lowest BCUT2D eigenvalue weighted by Gasteiger charge is -2.27. The Morgan fingerprint density at radius 3 is 2.20 bits per heavy atom. The molecule has 0 amide bonds. The van der Waals surface area contributed by atoms with Crippen LogP contribution in [0.25, 0.3) is 0 Å². The number of hydrogen-bond acceptors (Lipinski definition) is 10. The average molecular weight is 564 g/mol. The summed E-state index contributed by atoms with van der Waals surface area (Å²) in [6.07, 6.45) is -4.44. The van der Waals surface area contributed by atoms with Crippen LogP contribution in [0.1, 0.15) is 19.4 Å². The third kappa shape index (κ3) is 7.85. The molecule has 0 atom stereocenters. The molecule has 1 aliphatic rings. The molecule has 0 unspecified atom stereocenters. The highest BCUT2D eigenvalue weighted by atomic mass is 19.4. The Morgan fingerprint density at radius 2 is 1.57 bits per heavy atom. The zero-order valence-electron chi connectivity index (χ0n) is 21.8. The average Bonchev–Trinajstić information content (AvgIpc) is 2.92. The van der Waals surface area contributed by atoms with Gasteiger partial charge >= 0.3 is 18.2 Å². The summed E-state index contributed by atoms with van der Waals surface area (Å²) < 4.78 is 60.9. The number of aromatic nitrogens is 3. The summed E-state index contributed by atoms with van der Waals surface area (Å²) in [6, 6.07) is 11.0. The number of morpholine rings is 1. The Labute approximate surface area is 227 Å². The topological polar surface area (TPSA) is 128 Å². The van der Waals surface area contributed by atoms with Gasteiger partial charge in [0.15, 0.2) is 5.60 Å². The molecule has 4 rings (SSSR count). The number of carboxylic acids is 1. The summed E-state index contributed by atoms with van der Waals surface area (Å²) in [5, 5.41) is 12.1. The van der Waals surface area contributed by atoms with Crippen LogP contribution in [0.15, 0.2) is 48.5 Å². The summed E-state index contributed by atoms with van der Waals surface area (Å²) in [7, 11) is 0. The molecule has 1 saturated heterocycles. The Hall–Kier alpha value is -4.33. The van der Waals surface area contributed by atoms with Gasteiger partial charge in [0.25, 0.3) is 0 Å². The molecule has 2 heterocycles. The highest BCUT2D eigenvalue weighted by molar-refractivity contribution is 5.76. The van der Waals surface area contributed by atoms with Crippen molar-refractivity contribution in [3.63, 3.8) is 0 Å². The normalized spacial score (nSPS) is 14.0. The number of aliphatic carboxylic acids is 1. The zero-order valence-corrected chi connectivity index (χ0v) is 21.8. The molecule has 0 spiro atoms. The fourth-order valence-corrected chi connectivity index (χ4v) is 3.48. The second-order valence-electron chi connectivity index (χ2n) is 9.13. The van der Waals surface area contributed by atoms with E-state index in [-0.39, 0.29) is 25.2 Å². The van der Waals surface area contributed by atoms with Crippen LogP contribution in [0.5, 0.6) is 17.5 Å². The maximum absolute atomic E-state index is 12.9. The second-order valence-corrected chi connectivity index (χ2v) is 9.13. The van der Waals surface area contributed by atoms with Crippen molar-refractivity contribution in [3.05, 3.63) is 54.1 Å². The minimum absolute atomic E-state index is 0.00848. The molecule has 0 radical (unpaired) electrons. The van der Waals surface area contributed by atoms with E-state index in [0.717, 1.165) is 12.1 Å². The molecule has 0 saturated carbocycles. The van der Waals surface area contributed by atoms with E-state index in [1.807, 2.05) is 4.90 Å². The Morgan fingerprint density at radius 1 is 0.950 bits per heavy atom. The predicted molar refractivity (Wildman–Crippen MR) is 137 cm³/mol. The van der Waals surface area contributed by atoms with Crippen molar-refractivity contribution < 1.29 is 42.0 Å². The number of carboxylic acid groups (broad SMARTS) is 1. The van der Waals surface area contributed by atoms with Gasteiger partial charge in [-0.3, -0.25) is 0 Å². The molecule has 1 aliphatic heterocycles. The van der Waals surface area contributed by atoms with Crippen LogP contribution < -0.4 is 24.4 Å². The SMILES string of the molecule is CC(C)(Oc1ccc(OCCOc2nc(Nc3ccc(C(F)(F)F)cc3)nc(N3CCOCC3)n2)cc1)C(=O)O. The molecule has 11 nitrogen and oxygen atoms in total. The van der Waals surface area contributed by atoms with E-state index < -0.39 is 23.3 Å². The summed E-state index contributed by atoms with van der Waals surface area (Å²) in [5.41, 5.74) is -1.78. The van der Waals surface area contributed by atoms with Gasteiger partial charge in [-0.15, -0.1) is 0 Å². The molecule has 2 aromatic carbocycles. The number of benzene rings is 2. The monoisotopic (exact) mass is 563 g/mol. The minimum atomic E-state index is -4.44. The lowest BCUT2D eigenvalue weighted by molar-refractivity contribution is -0.152. The number of ether oxygens (including phenoxy) is 4. The van der Waals surface area contributed by atoms with Crippen molar-refractivity contribution in [2.75, 3.05) is 49.7 Å². The number of alkyl halides is 3. The minimum Gasteiger partial charge on any atom is -0.490 e. The van der Waals surface area contributed by atoms with Gasteiger partial charge in [-0.1, -0.05) is 0 Å². The Balaban J connectivity index is 1.38. The molecular formula is C26H28F3N5O6. The van der Waals surface area contributed by atoms with E-state index in [4.69, 9.17) is 18.9 Å². The lowest BCUT2D eigenvalue weighted by Crippen LogP contribution is -2.37. The fourth-order valence-electron chi connectivity index (χ4n) is 3.48. The van der Waals surface area contributed by atoms with Crippen LogP contribution in [-0.2, 0) is 15.7 Å². The zero-order chi connectivity index (χ0) is 28.8. The van der Waals surface area contributed by atoms with E-state index in [0.29, 0.717) is 49.4 Å². The standard InChI is InChI=1S/C26H28F3N5O6/c1-25(2,21(35)36)40-20-9-7-19(8-10-20)38-15-16-39-24-32-22(31-23(33-24)34-11-13-37-14-12-34)30-18-5-3-17(4-6-18)26(27,28)29/h3-10H,11-16H2,1-2H3,(H,35,36)(H,30,31,32,33). The third-order valence-electron chi connectivity index (χ3n) is 5.66. The van der Waals surface area contributed by atoms with Gasteiger partial charge < -0.3 is 34.3 Å². The molecule has 40 heavy (non-hydrogen) atoms. The van der Waals surface area contributed by atoms with Gasteiger partial charge in [-0.2, -0.15) is 28.1 Å². The molecule has 2 N–H and O–H groups in total. The molecule has 0 aliphatic carbocycles. The van der Waals surface area contributed by atoms with Crippen molar-refractivity contribution in [2.45, 2.75) is 25.6 Å². The van der Waals surface area contributed by atoms with Crippen LogP contribution in [-0.4, -0.2) is 71.1 Å². The summed E-state index contributed by atoms with van der Waals surface area (Å²) >= 11 is 0. The summed E-state index contributed by atoms with van der Waals surface area (Å²) in [4.78, 5) is 26.1. The van der Waals surface area contributed by atoms with E-state index >= 15 is 0 Å². The third-order valence-corrected chi connectivity index (χ3v) is 5.66. The van der Waals surface area contributed by atoms with Gasteiger partial charge in [0.1, 0.15) is 24.7 Å². The molecule has 14 heteroatoms. The molecule has 1 fully saturated rings. The van der Waals surface area contributed by atoms with Crippen molar-refractivity contribution >= 4 is 23.6 Å². The lowest BCUT2D eigenvalue weighted by atomic mass is 10.1. The van der Waals surface area contributed by atoms with Crippen LogP contribution in [0.3, 0.4) is 0 Å². The van der Waals surface area contributed by atoms with Crippen molar-refractivity contribution in [1.82, 2.24) is 15.0 Å². The maximum Gasteiger partial charge on any atom is 0.416 e. The molecule has 1 aromatic heterocycles. The molecular weight excluding hydrogens is 535 g/mol. The Bertz CT molecular complexity index is 1280. The van der Waals surface area contributed by atoms with Crippen molar-refractivity contribution in [2.24, 2.45) is 0 Å². The smallest absolute Gasteiger partial charge is 0.416 e. The van der Waals surface area contributed by atoms with Gasteiger partial charge in [0, 0.05) is 18.8 Å². The van der Waals surface area contributed by atoms with E-state index in [9.17, 15) is 23.1 Å². The fraction of sp³-hybridized carbons (Fsp3) is 0.385. The highest BCUT2D eigenvalue weighted by Gasteiger charge is 2.30. The summed E-state index contributed by atoms with van der Waals surface area (Å²) in [6.45, 7) is 5.22. The quantitative estimate of drug-likeness (QED) is 0.326. The van der Waals surface area contributed by atoms with Gasteiger partial charge in [0.2, 0.25) is 11.9 Å². The number of anilines is 3. The van der Waals surface area contributed by atoms with Crippen molar-refractivity contribution in [3.8, 4) is 17.5 Å². The first-order valence-corrected chi connectivity index (χ1v) is 12.3. The second kappa shape index (κ2) is 12.2. The Kier molecular flexibility index (Phi) is 8.77. The molecule has 0 bridgehead atoms. The number of carbonyl (C=O) groups is 1. The maximum atomic E-state index is 12.9. The van der Waals surface area contributed by atoms with E-state index in [1.54, 1.807) is 24.3 Å². The van der Waals surface area contributed by atoms with Crippen LogP contribution in [0.2, 0.25) is 0 Å². The first-order chi connectivity index (χ1) is 19.0. The van der Waals surface area contributed by atoms with Crippen LogP contribution in [0.4, 0.5) is 30.8 Å². The number of rotatable bonds is 11. The number of hydrogen-bond donors (Lipinski definition) is 2. The first-order valence-electron chi connectivity index (χ1n) is 12.3. The summed E-state index contributed by atoms with van der Waals surface area (Å²) in [5.74, 6) is 0.247. The predicted octanol–water partition coefficient (Wildman–Crippen LogP) is 4.17.